The highest BCUT2D eigenvalue weighted by Gasteiger charge is 2.14. The summed E-state index contributed by atoms with van der Waals surface area (Å²) < 4.78 is 0. The van der Waals surface area contributed by atoms with Crippen molar-refractivity contribution >= 4 is 21.8 Å². The number of nitrogens with zero attached hydrogens (tertiary/aromatic N) is 5. The van der Waals surface area contributed by atoms with Crippen LogP contribution in [0.15, 0.2) is 115 Å². The second-order valence-corrected chi connectivity index (χ2v) is 9.93. The first-order valence-electron chi connectivity index (χ1n) is 13.3. The highest BCUT2D eigenvalue weighted by molar-refractivity contribution is 6.04. The quantitative estimate of drug-likeness (QED) is 0.221. The van der Waals surface area contributed by atoms with Gasteiger partial charge in [-0.1, -0.05) is 103 Å². The molecule has 3 aromatic heterocycles. The number of hydrogen-bond acceptors (Lipinski definition) is 5. The van der Waals surface area contributed by atoms with Gasteiger partial charge >= 0.3 is 0 Å². The lowest BCUT2D eigenvalue weighted by atomic mass is 10.0. The van der Waals surface area contributed by atoms with Crippen LogP contribution in [0.4, 0.5) is 0 Å². The molecule has 0 fully saturated rings. The van der Waals surface area contributed by atoms with Crippen LogP contribution in [0.2, 0.25) is 0 Å². The lowest BCUT2D eigenvalue weighted by molar-refractivity contribution is 1.07. The van der Waals surface area contributed by atoms with E-state index in [4.69, 9.17) is 24.9 Å². The predicted molar refractivity (Wildman–Crippen MR) is 162 cm³/mol. The average molecular weight is 516 g/mol. The summed E-state index contributed by atoms with van der Waals surface area (Å²) >= 11 is 0. The number of pyridine rings is 2. The predicted octanol–water partition coefficient (Wildman–Crippen LogP) is 8.25. The van der Waals surface area contributed by atoms with Crippen LogP contribution in [0.3, 0.4) is 0 Å². The number of aryl methyl sites for hydroxylation is 2. The van der Waals surface area contributed by atoms with Gasteiger partial charge in [-0.2, -0.15) is 0 Å². The van der Waals surface area contributed by atoms with Crippen molar-refractivity contribution in [1.29, 1.82) is 0 Å². The fourth-order valence-corrected chi connectivity index (χ4v) is 5.01. The Kier molecular flexibility index (Phi) is 5.82. The molecule has 190 valence electrons. The minimum atomic E-state index is 0.632. The smallest absolute Gasteiger partial charge is 0.164 e. The molecule has 0 spiro atoms. The van der Waals surface area contributed by atoms with Crippen molar-refractivity contribution in [3.05, 3.63) is 127 Å². The molecule has 0 saturated carbocycles. The Balaban J connectivity index is 1.32. The van der Waals surface area contributed by atoms with Crippen molar-refractivity contribution < 1.29 is 0 Å². The van der Waals surface area contributed by atoms with Crippen LogP contribution >= 0.6 is 0 Å². The SMILES string of the molecule is Cc1ccc2ccc3c(C)cc(-c4ccc(-c5nc(-c6ccccc6)nc(-c6ccccc6)n5)cc4)nc3c2n1. The van der Waals surface area contributed by atoms with Gasteiger partial charge in [-0.25, -0.2) is 19.9 Å². The molecule has 0 aliphatic carbocycles. The van der Waals surface area contributed by atoms with Gasteiger partial charge in [0.2, 0.25) is 0 Å². The largest absolute Gasteiger partial charge is 0.251 e. The van der Waals surface area contributed by atoms with Crippen molar-refractivity contribution in [2.75, 3.05) is 0 Å². The fraction of sp³-hybridized carbons (Fsp3) is 0.0571. The Bertz CT molecular complexity index is 1940. The topological polar surface area (TPSA) is 64.5 Å². The summed E-state index contributed by atoms with van der Waals surface area (Å²) in [6, 6.07) is 38.9. The Hall–Kier alpha value is -5.29. The molecular formula is C35H25N5. The number of aromatic nitrogens is 5. The van der Waals surface area contributed by atoms with Gasteiger partial charge in [0, 0.05) is 38.7 Å². The Morgan fingerprint density at radius 3 is 1.55 bits per heavy atom. The van der Waals surface area contributed by atoms with Gasteiger partial charge < -0.3 is 0 Å². The van der Waals surface area contributed by atoms with Crippen molar-refractivity contribution in [3.63, 3.8) is 0 Å². The van der Waals surface area contributed by atoms with E-state index in [-0.39, 0.29) is 0 Å². The van der Waals surface area contributed by atoms with Gasteiger partial charge in [-0.3, -0.25) is 4.98 Å². The van der Waals surface area contributed by atoms with Gasteiger partial charge in [0.15, 0.2) is 17.5 Å². The summed E-state index contributed by atoms with van der Waals surface area (Å²) in [5, 5.41) is 2.22. The molecule has 3 heterocycles. The molecule has 0 saturated heterocycles. The fourth-order valence-electron chi connectivity index (χ4n) is 5.01. The molecule has 0 atom stereocenters. The van der Waals surface area contributed by atoms with Crippen LogP contribution in [-0.4, -0.2) is 24.9 Å². The minimum absolute atomic E-state index is 0.632. The molecule has 0 N–H and O–H groups in total. The summed E-state index contributed by atoms with van der Waals surface area (Å²) in [6.07, 6.45) is 0. The van der Waals surface area contributed by atoms with Crippen LogP contribution in [0.25, 0.3) is 67.2 Å². The third-order valence-electron chi connectivity index (χ3n) is 7.12. The maximum Gasteiger partial charge on any atom is 0.164 e. The molecule has 5 heteroatoms. The van der Waals surface area contributed by atoms with Gasteiger partial charge in [0.25, 0.3) is 0 Å². The Morgan fingerprint density at radius 2 is 0.950 bits per heavy atom. The maximum atomic E-state index is 5.08. The molecule has 0 aliphatic rings. The van der Waals surface area contributed by atoms with Crippen LogP contribution in [0, 0.1) is 13.8 Å². The molecule has 7 rings (SSSR count). The number of fused-ring (bicyclic) bond motifs is 3. The number of rotatable bonds is 4. The van der Waals surface area contributed by atoms with E-state index in [9.17, 15) is 0 Å². The normalized spacial score (nSPS) is 11.2. The minimum Gasteiger partial charge on any atom is -0.251 e. The standard InChI is InChI=1S/C35H25N5/c1-22-21-30(37-32-29(22)20-19-25-14-13-23(2)36-31(25)32)24-15-17-28(18-16-24)35-39-33(26-9-5-3-6-10-26)38-34(40-35)27-11-7-4-8-12-27/h3-21H,1-2H3. The van der Waals surface area contributed by atoms with Gasteiger partial charge in [0.05, 0.1) is 16.7 Å². The summed E-state index contributed by atoms with van der Waals surface area (Å²) in [5.41, 5.74) is 8.78. The zero-order valence-electron chi connectivity index (χ0n) is 22.2. The molecular weight excluding hydrogens is 490 g/mol. The second-order valence-electron chi connectivity index (χ2n) is 9.93. The van der Waals surface area contributed by atoms with E-state index in [1.165, 1.54) is 5.56 Å². The zero-order chi connectivity index (χ0) is 27.1. The van der Waals surface area contributed by atoms with Crippen molar-refractivity contribution in [1.82, 2.24) is 24.9 Å². The van der Waals surface area contributed by atoms with E-state index in [1.54, 1.807) is 0 Å². The van der Waals surface area contributed by atoms with Crippen LogP contribution < -0.4 is 0 Å². The summed E-state index contributed by atoms with van der Waals surface area (Å²) in [6.45, 7) is 4.14. The van der Waals surface area contributed by atoms with E-state index in [1.807, 2.05) is 73.7 Å². The Morgan fingerprint density at radius 1 is 0.425 bits per heavy atom. The molecule has 0 radical (unpaired) electrons. The van der Waals surface area contributed by atoms with Crippen molar-refractivity contribution in [2.45, 2.75) is 13.8 Å². The van der Waals surface area contributed by atoms with Gasteiger partial charge in [-0.05, 0) is 31.5 Å². The summed E-state index contributed by atoms with van der Waals surface area (Å²) in [4.78, 5) is 24.4. The van der Waals surface area contributed by atoms with Crippen LogP contribution in [0.1, 0.15) is 11.3 Å². The highest BCUT2D eigenvalue weighted by atomic mass is 15.0. The number of hydrogen-bond donors (Lipinski definition) is 0. The highest BCUT2D eigenvalue weighted by Crippen LogP contribution is 2.31. The molecule has 7 aromatic rings. The molecule has 4 aromatic carbocycles. The summed E-state index contributed by atoms with van der Waals surface area (Å²) in [7, 11) is 0. The first-order chi connectivity index (χ1) is 19.6. The van der Waals surface area contributed by atoms with E-state index in [2.05, 4.69) is 55.5 Å². The van der Waals surface area contributed by atoms with E-state index >= 15 is 0 Å². The lowest BCUT2D eigenvalue weighted by Crippen LogP contribution is -2.00. The van der Waals surface area contributed by atoms with Gasteiger partial charge in [0.1, 0.15) is 0 Å². The third kappa shape index (κ3) is 4.37. The number of benzene rings is 4. The third-order valence-corrected chi connectivity index (χ3v) is 7.12. The van der Waals surface area contributed by atoms with Crippen molar-refractivity contribution in [3.8, 4) is 45.4 Å². The van der Waals surface area contributed by atoms with Crippen molar-refractivity contribution in [2.24, 2.45) is 0 Å². The van der Waals surface area contributed by atoms with Crippen LogP contribution in [-0.2, 0) is 0 Å². The first kappa shape index (κ1) is 23.8. The molecule has 0 unspecified atom stereocenters. The molecule has 0 aliphatic heterocycles. The molecule has 0 bridgehead atoms. The van der Waals surface area contributed by atoms with E-state index in [0.717, 1.165) is 55.4 Å². The summed E-state index contributed by atoms with van der Waals surface area (Å²) in [5.74, 6) is 1.93. The maximum absolute atomic E-state index is 5.08. The zero-order valence-corrected chi connectivity index (χ0v) is 22.2. The van der Waals surface area contributed by atoms with Gasteiger partial charge in [-0.15, -0.1) is 0 Å². The molecule has 5 nitrogen and oxygen atoms in total. The second kappa shape index (κ2) is 9.79. The van der Waals surface area contributed by atoms with Crippen LogP contribution in [0.5, 0.6) is 0 Å². The van der Waals surface area contributed by atoms with E-state index < -0.39 is 0 Å². The first-order valence-corrected chi connectivity index (χ1v) is 13.3. The lowest BCUT2D eigenvalue weighted by Gasteiger charge is -2.11. The molecule has 0 amide bonds. The van der Waals surface area contributed by atoms with E-state index in [0.29, 0.717) is 17.5 Å². The monoisotopic (exact) mass is 515 g/mol. The average Bonchev–Trinajstić information content (AvgIpc) is 3.01. The molecule has 40 heavy (non-hydrogen) atoms. The Labute approximate surface area is 232 Å².